The van der Waals surface area contributed by atoms with Crippen molar-refractivity contribution >= 4 is 28.2 Å². The Kier molecular flexibility index (Phi) is 3.48. The Balaban J connectivity index is 1.95. The van der Waals surface area contributed by atoms with E-state index in [-0.39, 0.29) is 5.78 Å². The molecule has 1 heterocycles. The van der Waals surface area contributed by atoms with Crippen LogP contribution >= 0.6 is 11.6 Å². The number of benzene rings is 2. The predicted molar refractivity (Wildman–Crippen MR) is 81.2 cm³/mol. The van der Waals surface area contributed by atoms with Crippen molar-refractivity contribution in [1.82, 2.24) is 4.98 Å². The molecule has 0 fully saturated rings. The standard InChI is InChI=1S/C17H12ClNO/c18-17-11-14(8-9-19-17)16(20)10-13-6-3-5-12-4-1-2-7-15(12)13/h1-9,11H,10H2. The van der Waals surface area contributed by atoms with Gasteiger partial charge in [-0.2, -0.15) is 0 Å². The van der Waals surface area contributed by atoms with Gasteiger partial charge >= 0.3 is 0 Å². The fourth-order valence-electron chi connectivity index (χ4n) is 2.30. The fourth-order valence-corrected chi connectivity index (χ4v) is 2.47. The van der Waals surface area contributed by atoms with E-state index < -0.39 is 0 Å². The lowest BCUT2D eigenvalue weighted by atomic mass is 9.98. The van der Waals surface area contributed by atoms with Crippen molar-refractivity contribution in [2.24, 2.45) is 0 Å². The van der Waals surface area contributed by atoms with Gasteiger partial charge in [-0.15, -0.1) is 0 Å². The summed E-state index contributed by atoms with van der Waals surface area (Å²) in [5.41, 5.74) is 1.62. The molecule has 98 valence electrons. The van der Waals surface area contributed by atoms with Gasteiger partial charge in [0.15, 0.2) is 5.78 Å². The molecule has 0 saturated heterocycles. The van der Waals surface area contributed by atoms with Gasteiger partial charge in [-0.1, -0.05) is 54.1 Å². The fraction of sp³-hybridized carbons (Fsp3) is 0.0588. The van der Waals surface area contributed by atoms with Gasteiger partial charge < -0.3 is 0 Å². The second kappa shape index (κ2) is 5.43. The molecule has 20 heavy (non-hydrogen) atoms. The van der Waals surface area contributed by atoms with Gasteiger partial charge in [-0.05, 0) is 28.5 Å². The van der Waals surface area contributed by atoms with Crippen LogP contribution < -0.4 is 0 Å². The van der Waals surface area contributed by atoms with Gasteiger partial charge in [-0.25, -0.2) is 4.98 Å². The minimum Gasteiger partial charge on any atom is -0.294 e. The first-order chi connectivity index (χ1) is 9.74. The molecule has 0 unspecified atom stereocenters. The van der Waals surface area contributed by atoms with E-state index >= 15 is 0 Å². The summed E-state index contributed by atoms with van der Waals surface area (Å²) in [6.07, 6.45) is 1.92. The van der Waals surface area contributed by atoms with Crippen LogP contribution in [0.1, 0.15) is 15.9 Å². The Hall–Kier alpha value is -2.19. The highest BCUT2D eigenvalue weighted by Gasteiger charge is 2.10. The highest BCUT2D eigenvalue weighted by molar-refractivity contribution is 6.29. The number of hydrogen-bond acceptors (Lipinski definition) is 2. The summed E-state index contributed by atoms with van der Waals surface area (Å²) in [5, 5.41) is 2.60. The highest BCUT2D eigenvalue weighted by atomic mass is 35.5. The minimum atomic E-state index is 0.0469. The number of nitrogens with zero attached hydrogens (tertiary/aromatic N) is 1. The average molecular weight is 282 g/mol. The Morgan fingerprint density at radius 1 is 1.05 bits per heavy atom. The van der Waals surface area contributed by atoms with Crippen LogP contribution in [0.3, 0.4) is 0 Å². The number of aromatic nitrogens is 1. The zero-order chi connectivity index (χ0) is 13.9. The molecule has 3 rings (SSSR count). The lowest BCUT2D eigenvalue weighted by Gasteiger charge is -2.06. The Labute approximate surface area is 122 Å². The third-order valence-corrected chi connectivity index (χ3v) is 3.49. The monoisotopic (exact) mass is 281 g/mol. The molecule has 2 nitrogen and oxygen atoms in total. The maximum atomic E-state index is 12.3. The molecule has 3 heteroatoms. The molecule has 2 aromatic carbocycles. The van der Waals surface area contributed by atoms with Crippen LogP contribution in [0.5, 0.6) is 0 Å². The van der Waals surface area contributed by atoms with Crippen LogP contribution in [0.4, 0.5) is 0 Å². The number of ketones is 1. The van der Waals surface area contributed by atoms with E-state index in [1.165, 1.54) is 0 Å². The molecule has 0 spiro atoms. The molecular weight excluding hydrogens is 270 g/mol. The van der Waals surface area contributed by atoms with E-state index in [1.54, 1.807) is 18.3 Å². The number of Topliss-reactive ketones (excluding diaryl/α,β-unsaturated/α-hetero) is 1. The summed E-state index contributed by atoms with van der Waals surface area (Å²) in [6.45, 7) is 0. The van der Waals surface area contributed by atoms with Crippen molar-refractivity contribution in [2.75, 3.05) is 0 Å². The number of rotatable bonds is 3. The largest absolute Gasteiger partial charge is 0.294 e. The van der Waals surface area contributed by atoms with Crippen molar-refractivity contribution in [3.8, 4) is 0 Å². The summed E-state index contributed by atoms with van der Waals surface area (Å²) >= 11 is 5.82. The van der Waals surface area contributed by atoms with Crippen LogP contribution in [0.25, 0.3) is 10.8 Å². The molecule has 0 aliphatic heterocycles. The van der Waals surface area contributed by atoms with Crippen molar-refractivity contribution in [3.63, 3.8) is 0 Å². The molecule has 3 aromatic rings. The van der Waals surface area contributed by atoms with Crippen LogP contribution in [0, 0.1) is 0 Å². The third-order valence-electron chi connectivity index (χ3n) is 3.28. The molecule has 0 atom stereocenters. The summed E-state index contributed by atoms with van der Waals surface area (Å²) in [5.74, 6) is 0.0469. The van der Waals surface area contributed by atoms with Gasteiger partial charge in [-0.3, -0.25) is 4.79 Å². The molecule has 0 saturated carbocycles. The Morgan fingerprint density at radius 2 is 1.85 bits per heavy atom. The van der Waals surface area contributed by atoms with Crippen molar-refractivity contribution < 1.29 is 4.79 Å². The zero-order valence-electron chi connectivity index (χ0n) is 10.7. The van der Waals surface area contributed by atoms with Gasteiger partial charge in [0.05, 0.1) is 0 Å². The summed E-state index contributed by atoms with van der Waals surface area (Å²) < 4.78 is 0. The SMILES string of the molecule is O=C(Cc1cccc2ccccc12)c1ccnc(Cl)c1. The van der Waals surface area contributed by atoms with Crippen molar-refractivity contribution in [2.45, 2.75) is 6.42 Å². The number of carbonyl (C=O) groups is 1. The van der Waals surface area contributed by atoms with Crippen LogP contribution in [-0.4, -0.2) is 10.8 Å². The van der Waals surface area contributed by atoms with E-state index in [0.717, 1.165) is 16.3 Å². The van der Waals surface area contributed by atoms with Crippen molar-refractivity contribution in [3.05, 3.63) is 77.1 Å². The molecule has 0 bridgehead atoms. The zero-order valence-corrected chi connectivity index (χ0v) is 11.5. The average Bonchev–Trinajstić information content (AvgIpc) is 2.47. The number of halogens is 1. The second-order valence-electron chi connectivity index (χ2n) is 4.61. The van der Waals surface area contributed by atoms with Crippen LogP contribution in [-0.2, 0) is 6.42 Å². The van der Waals surface area contributed by atoms with E-state index in [1.807, 2.05) is 42.5 Å². The first kappa shape index (κ1) is 12.8. The lowest BCUT2D eigenvalue weighted by Crippen LogP contribution is -2.04. The molecule has 0 aliphatic carbocycles. The maximum Gasteiger partial charge on any atom is 0.167 e. The van der Waals surface area contributed by atoms with Crippen LogP contribution in [0.2, 0.25) is 5.15 Å². The number of hydrogen-bond donors (Lipinski definition) is 0. The van der Waals surface area contributed by atoms with Crippen molar-refractivity contribution in [1.29, 1.82) is 0 Å². The lowest BCUT2D eigenvalue weighted by molar-refractivity contribution is 0.0993. The molecule has 1 aromatic heterocycles. The molecular formula is C17H12ClNO. The summed E-state index contributed by atoms with van der Waals surface area (Å²) in [7, 11) is 0. The normalized spacial score (nSPS) is 10.7. The molecule has 0 amide bonds. The van der Waals surface area contributed by atoms with E-state index in [2.05, 4.69) is 4.98 Å². The smallest absolute Gasteiger partial charge is 0.167 e. The number of carbonyl (C=O) groups excluding carboxylic acids is 1. The van der Waals surface area contributed by atoms with Gasteiger partial charge in [0.2, 0.25) is 0 Å². The van der Waals surface area contributed by atoms with E-state index in [4.69, 9.17) is 11.6 Å². The Bertz CT molecular complexity index is 777. The number of fused-ring (bicyclic) bond motifs is 1. The second-order valence-corrected chi connectivity index (χ2v) is 4.99. The van der Waals surface area contributed by atoms with Gasteiger partial charge in [0.1, 0.15) is 5.15 Å². The minimum absolute atomic E-state index is 0.0469. The first-order valence-electron chi connectivity index (χ1n) is 6.35. The molecule has 0 aliphatic rings. The molecule has 0 N–H and O–H groups in total. The third kappa shape index (κ3) is 2.56. The predicted octanol–water partition coefficient (Wildman–Crippen LogP) is 4.31. The van der Waals surface area contributed by atoms with Gasteiger partial charge in [0, 0.05) is 18.2 Å². The van der Waals surface area contributed by atoms with E-state index in [0.29, 0.717) is 17.1 Å². The van der Waals surface area contributed by atoms with Gasteiger partial charge in [0.25, 0.3) is 0 Å². The van der Waals surface area contributed by atoms with Crippen LogP contribution in [0.15, 0.2) is 60.8 Å². The molecule has 0 radical (unpaired) electrons. The quantitative estimate of drug-likeness (QED) is 0.529. The summed E-state index contributed by atoms with van der Waals surface area (Å²) in [6, 6.07) is 17.4. The van der Waals surface area contributed by atoms with E-state index in [9.17, 15) is 4.79 Å². The summed E-state index contributed by atoms with van der Waals surface area (Å²) in [4.78, 5) is 16.2. The topological polar surface area (TPSA) is 30.0 Å². The Morgan fingerprint density at radius 3 is 2.70 bits per heavy atom. The maximum absolute atomic E-state index is 12.3. The first-order valence-corrected chi connectivity index (χ1v) is 6.73. The highest BCUT2D eigenvalue weighted by Crippen LogP contribution is 2.20. The number of pyridine rings is 1.